The van der Waals surface area contributed by atoms with E-state index < -0.39 is 11.7 Å². The Bertz CT molecular complexity index is 639. The lowest BCUT2D eigenvalue weighted by Crippen LogP contribution is -2.27. The van der Waals surface area contributed by atoms with Gasteiger partial charge in [-0.1, -0.05) is 6.07 Å². The number of ether oxygens (including phenoxy) is 1. The first-order valence-electron chi connectivity index (χ1n) is 6.50. The van der Waals surface area contributed by atoms with Crippen molar-refractivity contribution in [1.82, 2.24) is 14.8 Å². The van der Waals surface area contributed by atoms with Gasteiger partial charge < -0.3 is 4.74 Å². The van der Waals surface area contributed by atoms with Gasteiger partial charge in [0.05, 0.1) is 11.4 Å². The predicted octanol–water partition coefficient (Wildman–Crippen LogP) is 3.35. The Morgan fingerprint density at radius 3 is 2.55 bits per heavy atom. The van der Waals surface area contributed by atoms with Crippen LogP contribution in [0.25, 0.3) is 11.3 Å². The van der Waals surface area contributed by atoms with Crippen LogP contribution in [0.4, 0.5) is 4.79 Å². The largest absolute Gasteiger partial charge is 0.442 e. The molecule has 0 aliphatic carbocycles. The molecule has 2 aromatic rings. The van der Waals surface area contributed by atoms with Gasteiger partial charge in [0, 0.05) is 17.5 Å². The van der Waals surface area contributed by atoms with Crippen molar-refractivity contribution in [3.8, 4) is 11.3 Å². The Hall–Kier alpha value is -2.17. The minimum absolute atomic E-state index is 0.487. The van der Waals surface area contributed by atoms with Crippen molar-refractivity contribution in [2.75, 3.05) is 0 Å². The Morgan fingerprint density at radius 1 is 1.25 bits per heavy atom. The molecule has 0 amide bonds. The van der Waals surface area contributed by atoms with Crippen LogP contribution in [0, 0.1) is 13.8 Å². The van der Waals surface area contributed by atoms with Crippen molar-refractivity contribution in [2.45, 2.75) is 40.2 Å². The van der Waals surface area contributed by atoms with E-state index >= 15 is 0 Å². The van der Waals surface area contributed by atoms with Gasteiger partial charge in [0.25, 0.3) is 0 Å². The van der Waals surface area contributed by atoms with Gasteiger partial charge in [-0.15, -0.1) is 0 Å². The summed E-state index contributed by atoms with van der Waals surface area (Å²) < 4.78 is 6.51. The standard InChI is InChI=1S/C15H19N3O2/c1-10-7-6-8-13(16-10)12-9-18(17-11(12)2)14(19)20-15(3,4)5/h6-9H,1-5H3. The predicted molar refractivity (Wildman–Crippen MR) is 76.6 cm³/mol. The number of aromatic nitrogens is 3. The summed E-state index contributed by atoms with van der Waals surface area (Å²) in [6.45, 7) is 9.25. The fourth-order valence-corrected chi connectivity index (χ4v) is 1.81. The normalized spacial score (nSPS) is 11.4. The molecule has 0 unspecified atom stereocenters. The van der Waals surface area contributed by atoms with Crippen LogP contribution in [0.1, 0.15) is 32.2 Å². The zero-order valence-corrected chi connectivity index (χ0v) is 12.5. The average Bonchev–Trinajstić information content (AvgIpc) is 2.69. The second kappa shape index (κ2) is 5.07. The molecule has 20 heavy (non-hydrogen) atoms. The first-order valence-corrected chi connectivity index (χ1v) is 6.50. The molecule has 0 N–H and O–H groups in total. The fraction of sp³-hybridized carbons (Fsp3) is 0.400. The molecule has 2 rings (SSSR count). The Balaban J connectivity index is 2.33. The molecule has 0 aliphatic rings. The van der Waals surface area contributed by atoms with Crippen molar-refractivity contribution in [2.24, 2.45) is 0 Å². The molecule has 0 saturated heterocycles. The zero-order chi connectivity index (χ0) is 14.9. The van der Waals surface area contributed by atoms with E-state index in [-0.39, 0.29) is 0 Å². The lowest BCUT2D eigenvalue weighted by Gasteiger charge is -2.18. The molecule has 0 fully saturated rings. The number of aryl methyl sites for hydroxylation is 2. The van der Waals surface area contributed by atoms with E-state index in [0.29, 0.717) is 0 Å². The van der Waals surface area contributed by atoms with E-state index in [0.717, 1.165) is 22.6 Å². The molecule has 106 valence electrons. The summed E-state index contributed by atoms with van der Waals surface area (Å²) in [5.74, 6) is 0. The molecule has 5 heteroatoms. The maximum Gasteiger partial charge on any atom is 0.435 e. The van der Waals surface area contributed by atoms with E-state index in [1.165, 1.54) is 4.68 Å². The Labute approximate surface area is 118 Å². The lowest BCUT2D eigenvalue weighted by atomic mass is 10.1. The molecule has 0 bridgehead atoms. The Kier molecular flexibility index (Phi) is 3.61. The molecule has 2 heterocycles. The minimum Gasteiger partial charge on any atom is -0.442 e. The lowest BCUT2D eigenvalue weighted by molar-refractivity contribution is 0.0514. The maximum absolute atomic E-state index is 12.0. The van der Waals surface area contributed by atoms with Crippen molar-refractivity contribution in [1.29, 1.82) is 0 Å². The van der Waals surface area contributed by atoms with E-state index in [4.69, 9.17) is 4.74 Å². The Morgan fingerprint density at radius 2 is 1.95 bits per heavy atom. The fourth-order valence-electron chi connectivity index (χ4n) is 1.81. The summed E-state index contributed by atoms with van der Waals surface area (Å²) in [7, 11) is 0. The van der Waals surface area contributed by atoms with Gasteiger partial charge in [0.15, 0.2) is 0 Å². The van der Waals surface area contributed by atoms with E-state index in [1.807, 2.05) is 52.8 Å². The topological polar surface area (TPSA) is 57.0 Å². The number of carbonyl (C=O) groups is 1. The molecular weight excluding hydrogens is 254 g/mol. The van der Waals surface area contributed by atoms with Crippen molar-refractivity contribution >= 4 is 6.09 Å². The zero-order valence-electron chi connectivity index (χ0n) is 12.5. The highest BCUT2D eigenvalue weighted by molar-refractivity contribution is 5.73. The summed E-state index contributed by atoms with van der Waals surface area (Å²) in [4.78, 5) is 16.4. The third-order valence-corrected chi connectivity index (χ3v) is 2.64. The highest BCUT2D eigenvalue weighted by Crippen LogP contribution is 2.21. The minimum atomic E-state index is -0.543. The molecule has 5 nitrogen and oxygen atoms in total. The van der Waals surface area contributed by atoms with Gasteiger partial charge >= 0.3 is 6.09 Å². The third kappa shape index (κ3) is 3.23. The van der Waals surface area contributed by atoms with Crippen LogP contribution in [-0.2, 0) is 4.74 Å². The van der Waals surface area contributed by atoms with E-state index in [9.17, 15) is 4.79 Å². The number of carbonyl (C=O) groups excluding carboxylic acids is 1. The molecular formula is C15H19N3O2. The average molecular weight is 273 g/mol. The van der Waals surface area contributed by atoms with Crippen LogP contribution in [0.2, 0.25) is 0 Å². The quantitative estimate of drug-likeness (QED) is 0.799. The SMILES string of the molecule is Cc1cccc(-c2cn(C(=O)OC(C)(C)C)nc2C)n1. The number of hydrogen-bond acceptors (Lipinski definition) is 4. The van der Waals surface area contributed by atoms with E-state index in [1.54, 1.807) is 6.20 Å². The summed E-state index contributed by atoms with van der Waals surface area (Å²) in [5, 5.41) is 4.20. The second-order valence-electron chi connectivity index (χ2n) is 5.72. The smallest absolute Gasteiger partial charge is 0.435 e. The summed E-state index contributed by atoms with van der Waals surface area (Å²) >= 11 is 0. The van der Waals surface area contributed by atoms with Gasteiger partial charge in [0.1, 0.15) is 5.60 Å². The van der Waals surface area contributed by atoms with Crippen LogP contribution in [0.5, 0.6) is 0 Å². The highest BCUT2D eigenvalue weighted by atomic mass is 16.6. The maximum atomic E-state index is 12.0. The number of hydrogen-bond donors (Lipinski definition) is 0. The second-order valence-corrected chi connectivity index (χ2v) is 5.72. The van der Waals surface area contributed by atoms with Crippen molar-refractivity contribution in [3.63, 3.8) is 0 Å². The molecule has 0 aromatic carbocycles. The molecule has 0 radical (unpaired) electrons. The number of pyridine rings is 1. The van der Waals surface area contributed by atoms with Gasteiger partial charge in [-0.3, -0.25) is 4.98 Å². The molecule has 0 atom stereocenters. The van der Waals surface area contributed by atoms with Crippen molar-refractivity contribution < 1.29 is 9.53 Å². The van der Waals surface area contributed by atoms with E-state index in [2.05, 4.69) is 10.1 Å². The van der Waals surface area contributed by atoms with Gasteiger partial charge in [-0.2, -0.15) is 9.78 Å². The van der Waals surface area contributed by atoms with Crippen LogP contribution in [0.15, 0.2) is 24.4 Å². The number of rotatable bonds is 1. The van der Waals surface area contributed by atoms with Gasteiger partial charge in [0.2, 0.25) is 0 Å². The monoisotopic (exact) mass is 273 g/mol. The third-order valence-electron chi connectivity index (χ3n) is 2.64. The molecule has 0 spiro atoms. The molecule has 0 aliphatic heterocycles. The summed E-state index contributed by atoms with van der Waals surface area (Å²) in [5.41, 5.74) is 2.76. The van der Waals surface area contributed by atoms with Crippen molar-refractivity contribution in [3.05, 3.63) is 35.8 Å². The highest BCUT2D eigenvalue weighted by Gasteiger charge is 2.20. The van der Waals surface area contributed by atoms with Crippen LogP contribution < -0.4 is 0 Å². The van der Waals surface area contributed by atoms with Gasteiger partial charge in [-0.25, -0.2) is 4.79 Å². The van der Waals surface area contributed by atoms with Crippen LogP contribution in [0.3, 0.4) is 0 Å². The van der Waals surface area contributed by atoms with Crippen LogP contribution in [-0.4, -0.2) is 26.5 Å². The molecule has 2 aromatic heterocycles. The van der Waals surface area contributed by atoms with Crippen LogP contribution >= 0.6 is 0 Å². The first-order chi connectivity index (χ1) is 9.26. The number of nitrogens with zero attached hydrogens (tertiary/aromatic N) is 3. The summed E-state index contributed by atoms with van der Waals surface area (Å²) in [6.07, 6.45) is 1.17. The first kappa shape index (κ1) is 14.2. The summed E-state index contributed by atoms with van der Waals surface area (Å²) in [6, 6.07) is 5.76. The van der Waals surface area contributed by atoms with Gasteiger partial charge in [-0.05, 0) is 46.8 Å². The molecule has 0 saturated carbocycles.